The maximum absolute atomic E-state index is 13.4. The number of aryl methyl sites for hydroxylation is 3. The molecule has 15 rings (SSSR count). The lowest BCUT2D eigenvalue weighted by Gasteiger charge is -2.38. The lowest BCUT2D eigenvalue weighted by atomic mass is 9.87. The van der Waals surface area contributed by atoms with Gasteiger partial charge < -0.3 is 62.6 Å². The van der Waals surface area contributed by atoms with Crippen molar-refractivity contribution in [1.29, 1.82) is 0 Å². The fraction of sp³-hybridized carbons (Fsp3) is 0.517. The van der Waals surface area contributed by atoms with Gasteiger partial charge in [0.05, 0.1) is 99.5 Å². The van der Waals surface area contributed by atoms with E-state index in [1.54, 1.807) is 66.9 Å². The zero-order valence-corrected chi connectivity index (χ0v) is 70.7. The van der Waals surface area contributed by atoms with Crippen LogP contribution < -0.4 is 33.2 Å². The molecule has 0 saturated carbocycles. The lowest BCUT2D eigenvalue weighted by molar-refractivity contribution is -0.146. The van der Waals surface area contributed by atoms with Gasteiger partial charge in [-0.1, -0.05) is 80.5 Å². The number of carbonyl (C=O) groups is 6. The SMILES string of the molecule is CCc1cc(NC(=O)C(=O)N2C[C@@H](C)CCC2c2ccc3sc(C4CCN(C)CC4C)nc3c2)cnc1N.CCc1cc(NC(=O)C(=O)N2C[C@@H](C)CC[C@@H]2c2ccc3sc([C@@H]4CCN(C)C[C@@H]4C)nc3c2)cnc1N.CCc1cc(NC(=O)C(=O)N2C[C@@H](C)CC[C@@H]2c2ccc3sc([C@H]4CCN(C)C[C@H]4C)nc3c2)cnc1N. The molecule has 6 saturated heterocycles. The topological polar surface area (TPSA) is 313 Å². The van der Waals surface area contributed by atoms with Crippen LogP contribution in [0.25, 0.3) is 30.6 Å². The van der Waals surface area contributed by atoms with Gasteiger partial charge in [-0.05, 0) is 241 Å². The highest BCUT2D eigenvalue weighted by atomic mass is 32.1. The molecule has 9 N–H and O–H groups in total. The van der Waals surface area contributed by atoms with Gasteiger partial charge in [0.25, 0.3) is 0 Å². The summed E-state index contributed by atoms with van der Waals surface area (Å²) in [6.45, 7) is 27.5. The number of hydrogen-bond donors (Lipinski definition) is 6. The standard InChI is InChI=1S/3C29H38N6O2S/c3*1-5-19-12-21(14-31-26(19)30)32-27(36)29(37)35-15-17(2)6-8-24(35)20-7-9-25-23(13-20)33-28(38-25)22-10-11-34(4)16-18(22)3/h3*7,9,12-14,17-18,22,24H,5-6,8,10-11,15-16H2,1-4H3,(H2,30,31)(H,32,36)/t17-,18?,22?,24?;17-,18+,22-,24+;17-,18-,22+,24+/m000/s1. The Kier molecular flexibility index (Phi) is 26.4. The number of fused-ring (bicyclic) bond motifs is 3. The molecule has 6 amide bonds. The minimum absolute atomic E-state index is 0.156. The van der Waals surface area contributed by atoms with Crippen molar-refractivity contribution in [3.8, 4) is 0 Å². The lowest BCUT2D eigenvalue weighted by Crippen LogP contribution is -2.46. The van der Waals surface area contributed by atoms with Crippen LogP contribution in [-0.2, 0) is 48.0 Å². The number of nitrogen functional groups attached to an aromatic ring is 3. The highest BCUT2D eigenvalue weighted by Crippen LogP contribution is 2.44. The fourth-order valence-corrected chi connectivity index (χ4v) is 21.5. The average Bonchev–Trinajstić information content (AvgIpc) is 1.63. The molecule has 9 aromatic rings. The number of rotatable bonds is 12. The monoisotopic (exact) mass is 1600 g/mol. The second-order valence-corrected chi connectivity index (χ2v) is 36.6. The van der Waals surface area contributed by atoms with Gasteiger partial charge in [0, 0.05) is 57.0 Å². The van der Waals surface area contributed by atoms with Gasteiger partial charge in [0.2, 0.25) is 0 Å². The Labute approximate surface area is 682 Å². The summed E-state index contributed by atoms with van der Waals surface area (Å²) in [4.78, 5) is 120. The third-order valence-electron chi connectivity index (χ3n) is 24.5. The van der Waals surface area contributed by atoms with E-state index in [0.717, 1.165) is 147 Å². The second kappa shape index (κ2) is 36.4. The normalized spacial score (nSPS) is 24.5. The van der Waals surface area contributed by atoms with E-state index >= 15 is 0 Å². The molecule has 0 spiro atoms. The third kappa shape index (κ3) is 19.0. The van der Waals surface area contributed by atoms with E-state index in [1.807, 2.05) is 20.8 Å². The number of hydrogen-bond acceptors (Lipinski definition) is 21. The zero-order valence-electron chi connectivity index (χ0n) is 68.2. The summed E-state index contributed by atoms with van der Waals surface area (Å²) >= 11 is 5.38. The largest absolute Gasteiger partial charge is 0.383 e. The first kappa shape index (κ1) is 82.8. The Balaban J connectivity index is 0.000000149. The Morgan fingerprint density at radius 3 is 0.912 bits per heavy atom. The molecule has 6 aliphatic rings. The maximum atomic E-state index is 13.4. The van der Waals surface area contributed by atoms with Crippen molar-refractivity contribution in [2.45, 2.75) is 175 Å². The number of aromatic nitrogens is 6. The van der Waals surface area contributed by atoms with Gasteiger partial charge in [-0.15, -0.1) is 34.0 Å². The molecule has 0 bridgehead atoms. The van der Waals surface area contributed by atoms with Crippen LogP contribution in [0.15, 0.2) is 91.4 Å². The molecular weight excluding hydrogens is 1490 g/mol. The Bertz CT molecular complexity index is 4500. The molecule has 0 radical (unpaired) electrons. The van der Waals surface area contributed by atoms with Crippen LogP contribution in [0, 0.1) is 35.5 Å². The van der Waals surface area contributed by atoms with E-state index in [0.29, 0.717) is 127 Å². The van der Waals surface area contributed by atoms with Gasteiger partial charge in [0.15, 0.2) is 0 Å². The fourth-order valence-electron chi connectivity index (χ4n) is 17.9. The number of likely N-dealkylation sites (tertiary alicyclic amines) is 6. The Morgan fingerprint density at radius 1 is 0.386 bits per heavy atom. The molecule has 6 aliphatic heterocycles. The van der Waals surface area contributed by atoms with Crippen LogP contribution in [0.3, 0.4) is 0 Å². The van der Waals surface area contributed by atoms with Crippen molar-refractivity contribution in [3.05, 3.63) is 140 Å². The molecule has 12 atom stereocenters. The van der Waals surface area contributed by atoms with E-state index in [2.05, 4.69) is 163 Å². The van der Waals surface area contributed by atoms with Crippen molar-refractivity contribution in [2.24, 2.45) is 35.5 Å². The van der Waals surface area contributed by atoms with Gasteiger partial charge >= 0.3 is 35.4 Å². The zero-order chi connectivity index (χ0) is 80.9. The van der Waals surface area contributed by atoms with E-state index in [9.17, 15) is 28.8 Å². The van der Waals surface area contributed by atoms with E-state index < -0.39 is 35.4 Å². The van der Waals surface area contributed by atoms with Crippen LogP contribution in [0.5, 0.6) is 0 Å². The number of benzene rings is 3. The number of amides is 6. The van der Waals surface area contributed by atoms with Crippen LogP contribution in [0.2, 0.25) is 0 Å². The smallest absolute Gasteiger partial charge is 0.313 e. The number of piperidine rings is 6. The van der Waals surface area contributed by atoms with Crippen LogP contribution >= 0.6 is 34.0 Å². The van der Waals surface area contributed by atoms with Crippen molar-refractivity contribution < 1.29 is 28.8 Å². The first-order chi connectivity index (χ1) is 54.7. The first-order valence-electron chi connectivity index (χ1n) is 41.0. The van der Waals surface area contributed by atoms with Crippen molar-refractivity contribution in [1.82, 2.24) is 59.3 Å². The minimum atomic E-state index is -0.647. The molecule has 6 fully saturated rings. The van der Waals surface area contributed by atoms with Crippen LogP contribution in [0.4, 0.5) is 34.5 Å². The summed E-state index contributed by atoms with van der Waals surface area (Å²) in [5, 5.41) is 11.9. The minimum Gasteiger partial charge on any atom is -0.383 e. The Hall–Kier alpha value is -9.12. The summed E-state index contributed by atoms with van der Waals surface area (Å²) in [5.41, 5.74) is 27.7. The predicted molar refractivity (Wildman–Crippen MR) is 459 cm³/mol. The summed E-state index contributed by atoms with van der Waals surface area (Å²) in [6.07, 6.45) is 15.4. The summed E-state index contributed by atoms with van der Waals surface area (Å²) in [6, 6.07) is 24.0. The second-order valence-electron chi connectivity index (χ2n) is 33.4. The quantitative estimate of drug-likeness (QED) is 0.0619. The number of thiazole rings is 3. The Morgan fingerprint density at radius 2 is 0.658 bits per heavy atom. The highest BCUT2D eigenvalue weighted by molar-refractivity contribution is 7.19. The summed E-state index contributed by atoms with van der Waals surface area (Å²) in [5.74, 6) is 1.98. The summed E-state index contributed by atoms with van der Waals surface area (Å²) < 4.78 is 3.53. The number of nitrogens with zero attached hydrogens (tertiary/aromatic N) is 12. The van der Waals surface area contributed by atoms with Crippen LogP contribution in [-0.4, -0.2) is 175 Å². The molecule has 114 heavy (non-hydrogen) atoms. The van der Waals surface area contributed by atoms with Crippen molar-refractivity contribution >= 4 is 135 Å². The van der Waals surface area contributed by atoms with Crippen molar-refractivity contribution in [3.63, 3.8) is 0 Å². The molecule has 27 heteroatoms. The number of nitrogens with two attached hydrogens (primary N) is 3. The number of pyridine rings is 3. The molecule has 606 valence electrons. The molecule has 6 aromatic heterocycles. The molecule has 12 heterocycles. The van der Waals surface area contributed by atoms with Gasteiger partial charge in [-0.3, -0.25) is 28.8 Å². The number of anilines is 6. The summed E-state index contributed by atoms with van der Waals surface area (Å²) in [7, 11) is 6.56. The average molecular weight is 1600 g/mol. The number of nitrogens with one attached hydrogen (secondary N) is 3. The van der Waals surface area contributed by atoms with Crippen molar-refractivity contribution in [2.75, 3.05) is 113 Å². The van der Waals surface area contributed by atoms with E-state index in [1.165, 1.54) is 47.7 Å². The first-order valence-corrected chi connectivity index (χ1v) is 43.5. The van der Waals surface area contributed by atoms with E-state index in [4.69, 9.17) is 32.2 Å². The number of carbonyl (C=O) groups excluding carboxylic acids is 6. The highest BCUT2D eigenvalue weighted by Gasteiger charge is 2.40. The molecule has 24 nitrogen and oxygen atoms in total. The predicted octanol–water partition coefficient (Wildman–Crippen LogP) is 14.5. The van der Waals surface area contributed by atoms with Gasteiger partial charge in [-0.25, -0.2) is 29.9 Å². The van der Waals surface area contributed by atoms with E-state index in [-0.39, 0.29) is 18.1 Å². The molecule has 3 aromatic carbocycles. The third-order valence-corrected chi connectivity index (χ3v) is 28.0. The maximum Gasteiger partial charge on any atom is 0.313 e. The van der Waals surface area contributed by atoms with Gasteiger partial charge in [-0.2, -0.15) is 0 Å². The molecular formula is C87H114N18O6S3. The van der Waals surface area contributed by atoms with Crippen LogP contribution in [0.1, 0.15) is 204 Å². The molecule has 0 aliphatic carbocycles. The van der Waals surface area contributed by atoms with Gasteiger partial charge in [0.1, 0.15) is 17.5 Å². The molecule has 3 unspecified atom stereocenters.